The lowest BCUT2D eigenvalue weighted by Crippen LogP contribution is -2.51. The van der Waals surface area contributed by atoms with Gasteiger partial charge in [0.1, 0.15) is 5.92 Å². The van der Waals surface area contributed by atoms with E-state index in [1.54, 1.807) is 6.92 Å². The highest BCUT2D eigenvalue weighted by Crippen LogP contribution is 2.19. The zero-order valence-corrected chi connectivity index (χ0v) is 6.95. The molecule has 4 heteroatoms. The molecule has 1 aliphatic rings. The molecular weight excluding hydrogens is 156 g/mol. The third-order valence-corrected chi connectivity index (χ3v) is 2.15. The van der Waals surface area contributed by atoms with E-state index in [9.17, 15) is 4.79 Å². The lowest BCUT2D eigenvalue weighted by atomic mass is 9.89. The number of aliphatic hydroxyl groups is 1. The minimum atomic E-state index is -0.627. The first kappa shape index (κ1) is 9.01. The molecule has 1 aliphatic carbocycles. The van der Waals surface area contributed by atoms with Gasteiger partial charge in [-0.1, -0.05) is 0 Å². The van der Waals surface area contributed by atoms with Crippen molar-refractivity contribution in [2.45, 2.75) is 31.9 Å². The highest BCUT2D eigenvalue weighted by atomic mass is 16.3. The maximum atomic E-state index is 11.1. The molecule has 0 aromatic heterocycles. The van der Waals surface area contributed by atoms with Crippen LogP contribution in [0.5, 0.6) is 0 Å². The Morgan fingerprint density at radius 3 is 2.75 bits per heavy atom. The molecule has 12 heavy (non-hydrogen) atoms. The summed E-state index contributed by atoms with van der Waals surface area (Å²) >= 11 is 0. The Hall–Kier alpha value is -1.08. The molecule has 0 spiro atoms. The van der Waals surface area contributed by atoms with Crippen LogP contribution in [-0.2, 0) is 4.79 Å². The molecule has 1 saturated carbocycles. The maximum Gasteiger partial charge on any atom is 0.237 e. The quantitative estimate of drug-likeness (QED) is 0.599. The molecule has 0 radical (unpaired) electrons. The predicted octanol–water partition coefficient (Wildman–Crippen LogP) is -0.214. The second kappa shape index (κ2) is 3.55. The van der Waals surface area contributed by atoms with E-state index in [0.29, 0.717) is 0 Å². The predicted molar refractivity (Wildman–Crippen MR) is 41.9 cm³/mol. The summed E-state index contributed by atoms with van der Waals surface area (Å²) in [6.45, 7) is 1.54. The van der Waals surface area contributed by atoms with Crippen molar-refractivity contribution >= 4 is 5.91 Å². The Labute approximate surface area is 71.2 Å². The van der Waals surface area contributed by atoms with Crippen LogP contribution in [0.3, 0.4) is 0 Å². The SMILES string of the molecule is CC(C#N)C(=O)N[C@@H]1CC[C@H]1O. The highest BCUT2D eigenvalue weighted by molar-refractivity contribution is 5.81. The minimum absolute atomic E-state index is 0.131. The van der Waals surface area contributed by atoms with Crippen molar-refractivity contribution < 1.29 is 9.90 Å². The van der Waals surface area contributed by atoms with E-state index in [4.69, 9.17) is 10.4 Å². The summed E-state index contributed by atoms with van der Waals surface area (Å²) in [5.41, 5.74) is 0. The summed E-state index contributed by atoms with van der Waals surface area (Å²) in [5.74, 6) is -0.918. The van der Waals surface area contributed by atoms with E-state index >= 15 is 0 Å². The number of nitriles is 1. The second-order valence-electron chi connectivity index (χ2n) is 3.11. The van der Waals surface area contributed by atoms with Crippen LogP contribution in [0.15, 0.2) is 0 Å². The standard InChI is InChI=1S/C8H12N2O2/c1-5(4-9)8(12)10-6-2-3-7(6)11/h5-7,11H,2-3H2,1H3,(H,10,12)/t5?,6-,7-/m1/s1. The summed E-state index contributed by atoms with van der Waals surface area (Å²) in [7, 11) is 0. The van der Waals surface area contributed by atoms with Crippen molar-refractivity contribution in [2.24, 2.45) is 5.92 Å². The first-order chi connectivity index (χ1) is 5.65. The van der Waals surface area contributed by atoms with Crippen LogP contribution in [-0.4, -0.2) is 23.2 Å². The minimum Gasteiger partial charge on any atom is -0.391 e. The molecule has 0 aromatic carbocycles. The van der Waals surface area contributed by atoms with Gasteiger partial charge in [-0.2, -0.15) is 5.26 Å². The first-order valence-electron chi connectivity index (χ1n) is 4.03. The number of nitrogens with zero attached hydrogens (tertiary/aromatic N) is 1. The van der Waals surface area contributed by atoms with E-state index < -0.39 is 12.0 Å². The lowest BCUT2D eigenvalue weighted by molar-refractivity contribution is -0.125. The van der Waals surface area contributed by atoms with Crippen molar-refractivity contribution in [2.75, 3.05) is 0 Å². The number of carbonyl (C=O) groups is 1. The second-order valence-corrected chi connectivity index (χ2v) is 3.11. The molecule has 3 atom stereocenters. The zero-order valence-electron chi connectivity index (χ0n) is 6.95. The summed E-state index contributed by atoms with van der Waals surface area (Å²) < 4.78 is 0. The summed E-state index contributed by atoms with van der Waals surface area (Å²) in [4.78, 5) is 11.1. The third kappa shape index (κ3) is 1.74. The van der Waals surface area contributed by atoms with E-state index in [2.05, 4.69) is 5.32 Å². The molecule has 0 aliphatic heterocycles. The van der Waals surface area contributed by atoms with E-state index in [-0.39, 0.29) is 11.9 Å². The van der Waals surface area contributed by atoms with Crippen LogP contribution in [0, 0.1) is 17.2 Å². The van der Waals surface area contributed by atoms with Crippen LogP contribution < -0.4 is 5.32 Å². The topological polar surface area (TPSA) is 73.1 Å². The van der Waals surface area contributed by atoms with E-state index in [1.807, 2.05) is 6.07 Å². The van der Waals surface area contributed by atoms with Crippen LogP contribution in [0.4, 0.5) is 0 Å². The van der Waals surface area contributed by atoms with Gasteiger partial charge in [-0.25, -0.2) is 0 Å². The summed E-state index contributed by atoms with van der Waals surface area (Å²) in [6, 6.07) is 1.71. The van der Waals surface area contributed by atoms with Crippen LogP contribution in [0.25, 0.3) is 0 Å². The molecule has 0 bridgehead atoms. The van der Waals surface area contributed by atoms with Gasteiger partial charge in [-0.05, 0) is 19.8 Å². The van der Waals surface area contributed by atoms with Gasteiger partial charge < -0.3 is 10.4 Å². The monoisotopic (exact) mass is 168 g/mol. The number of carbonyl (C=O) groups excluding carboxylic acids is 1. The van der Waals surface area contributed by atoms with E-state index in [1.165, 1.54) is 0 Å². The highest BCUT2D eigenvalue weighted by Gasteiger charge is 2.30. The Kier molecular flexibility index (Phi) is 2.66. The van der Waals surface area contributed by atoms with Gasteiger partial charge in [-0.3, -0.25) is 4.79 Å². The summed E-state index contributed by atoms with van der Waals surface area (Å²) in [6.07, 6.45) is 1.14. The Morgan fingerprint density at radius 2 is 2.42 bits per heavy atom. The van der Waals surface area contributed by atoms with Crippen molar-refractivity contribution in [1.82, 2.24) is 5.32 Å². The van der Waals surface area contributed by atoms with Crippen molar-refractivity contribution in [3.8, 4) is 6.07 Å². The molecule has 0 heterocycles. The van der Waals surface area contributed by atoms with Gasteiger partial charge in [0.25, 0.3) is 0 Å². The number of rotatable bonds is 2. The molecule has 2 N–H and O–H groups in total. The van der Waals surface area contributed by atoms with E-state index in [0.717, 1.165) is 12.8 Å². The van der Waals surface area contributed by atoms with Crippen LogP contribution in [0.1, 0.15) is 19.8 Å². The Morgan fingerprint density at radius 1 is 1.75 bits per heavy atom. The average Bonchev–Trinajstić information content (AvgIpc) is 2.09. The molecule has 1 fully saturated rings. The third-order valence-electron chi connectivity index (χ3n) is 2.15. The normalized spacial score (nSPS) is 29.8. The molecule has 0 saturated heterocycles. The van der Waals surface area contributed by atoms with Crippen molar-refractivity contribution in [3.63, 3.8) is 0 Å². The molecule has 0 aromatic rings. The van der Waals surface area contributed by atoms with Gasteiger partial charge in [0.05, 0.1) is 18.2 Å². The zero-order chi connectivity index (χ0) is 9.14. The lowest BCUT2D eigenvalue weighted by Gasteiger charge is -2.33. The molecule has 66 valence electrons. The summed E-state index contributed by atoms with van der Waals surface area (Å²) in [5, 5.41) is 20.1. The molecular formula is C8H12N2O2. The molecule has 1 rings (SSSR count). The van der Waals surface area contributed by atoms with Gasteiger partial charge in [-0.15, -0.1) is 0 Å². The largest absolute Gasteiger partial charge is 0.391 e. The van der Waals surface area contributed by atoms with Crippen molar-refractivity contribution in [1.29, 1.82) is 5.26 Å². The maximum absolute atomic E-state index is 11.1. The van der Waals surface area contributed by atoms with Gasteiger partial charge >= 0.3 is 0 Å². The fourth-order valence-electron chi connectivity index (χ4n) is 1.02. The molecule has 4 nitrogen and oxygen atoms in total. The molecule has 1 unspecified atom stereocenters. The number of amides is 1. The number of hydrogen-bond acceptors (Lipinski definition) is 3. The number of nitrogens with one attached hydrogen (secondary N) is 1. The van der Waals surface area contributed by atoms with Gasteiger partial charge in [0.2, 0.25) is 5.91 Å². The smallest absolute Gasteiger partial charge is 0.237 e. The van der Waals surface area contributed by atoms with Crippen LogP contribution >= 0.6 is 0 Å². The Balaban J connectivity index is 2.32. The fourth-order valence-corrected chi connectivity index (χ4v) is 1.02. The Bertz CT molecular complexity index is 222. The number of hydrogen-bond donors (Lipinski definition) is 2. The first-order valence-corrected chi connectivity index (χ1v) is 4.03. The number of aliphatic hydroxyl groups excluding tert-OH is 1. The molecule has 1 amide bonds. The van der Waals surface area contributed by atoms with Crippen molar-refractivity contribution in [3.05, 3.63) is 0 Å². The fraction of sp³-hybridized carbons (Fsp3) is 0.750. The van der Waals surface area contributed by atoms with Crippen LogP contribution in [0.2, 0.25) is 0 Å². The van der Waals surface area contributed by atoms with Gasteiger partial charge in [0.15, 0.2) is 0 Å². The van der Waals surface area contributed by atoms with Gasteiger partial charge in [0, 0.05) is 0 Å². The average molecular weight is 168 g/mol.